The molecule has 8 heteroatoms. The second-order valence-corrected chi connectivity index (χ2v) is 7.11. The molecule has 0 aliphatic carbocycles. The molecule has 0 fully saturated rings. The Kier molecular flexibility index (Phi) is 5.08. The minimum atomic E-state index is -3.69. The summed E-state index contributed by atoms with van der Waals surface area (Å²) < 4.78 is 27.6. The maximum Gasteiger partial charge on any atom is 0.263 e. The maximum absolute atomic E-state index is 12.3. The number of anilines is 2. The summed E-state index contributed by atoms with van der Waals surface area (Å²) in [5.74, 6) is 0.629. The molecule has 0 spiro atoms. The van der Waals surface area contributed by atoms with Gasteiger partial charge in [0.25, 0.3) is 10.0 Å². The Bertz CT molecular complexity index is 736. The number of benzene rings is 1. The molecule has 2 N–H and O–H groups in total. The van der Waals surface area contributed by atoms with E-state index in [1.54, 1.807) is 24.3 Å². The number of pyridine rings is 1. The predicted octanol–water partition coefficient (Wildman–Crippen LogP) is 3.73. The molecule has 1 heterocycles. The fraction of sp³-hybridized carbons (Fsp3) is 0.154. The van der Waals surface area contributed by atoms with Crippen LogP contribution in [0.15, 0.2) is 45.9 Å². The molecule has 112 valence electrons. The molecule has 0 unspecified atom stereocenters. The fourth-order valence-electron chi connectivity index (χ4n) is 1.60. The van der Waals surface area contributed by atoms with Crippen LogP contribution in [0.3, 0.4) is 0 Å². The molecule has 0 aliphatic heterocycles. The lowest BCUT2D eigenvalue weighted by Gasteiger charge is -2.10. The molecule has 1 aromatic heterocycles. The van der Waals surface area contributed by atoms with Crippen LogP contribution in [-0.2, 0) is 10.0 Å². The van der Waals surface area contributed by atoms with Crippen LogP contribution < -0.4 is 10.0 Å². The van der Waals surface area contributed by atoms with E-state index in [0.29, 0.717) is 21.0 Å². The lowest BCUT2D eigenvalue weighted by Crippen LogP contribution is -2.14. The van der Waals surface area contributed by atoms with E-state index in [1.807, 2.05) is 6.92 Å². The summed E-state index contributed by atoms with van der Waals surface area (Å²) in [5, 5.41) is 3.52. The first-order valence-electron chi connectivity index (χ1n) is 6.10. The van der Waals surface area contributed by atoms with Gasteiger partial charge < -0.3 is 5.32 Å². The van der Waals surface area contributed by atoms with Crippen molar-refractivity contribution in [1.82, 2.24) is 4.98 Å². The predicted molar refractivity (Wildman–Crippen MR) is 88.4 cm³/mol. The van der Waals surface area contributed by atoms with Crippen molar-refractivity contribution in [1.29, 1.82) is 0 Å². The molecule has 0 atom stereocenters. The summed E-state index contributed by atoms with van der Waals surface area (Å²) in [5.41, 5.74) is 0.412. The highest BCUT2D eigenvalue weighted by molar-refractivity contribution is 9.10. The third-order valence-corrected chi connectivity index (χ3v) is 4.82. The van der Waals surface area contributed by atoms with Crippen LogP contribution in [-0.4, -0.2) is 19.9 Å². The highest BCUT2D eigenvalue weighted by Crippen LogP contribution is 2.28. The fourth-order valence-corrected chi connectivity index (χ4v) is 3.54. The van der Waals surface area contributed by atoms with Crippen LogP contribution in [0.5, 0.6) is 0 Å². The van der Waals surface area contributed by atoms with Crippen molar-refractivity contribution in [3.8, 4) is 0 Å². The summed E-state index contributed by atoms with van der Waals surface area (Å²) in [6, 6.07) is 7.93. The number of rotatable bonds is 5. The average Bonchev–Trinajstić information content (AvgIpc) is 2.43. The average molecular weight is 391 g/mol. The standard InChI is InChI=1S/C13H13BrClN3O2S/c1-2-16-13-6-4-10(8-17-13)21(19,20)18-12-5-3-9(15)7-11(12)14/h3-8,18H,2H2,1H3,(H,16,17). The van der Waals surface area contributed by atoms with Crippen molar-refractivity contribution in [3.05, 3.63) is 46.0 Å². The normalized spacial score (nSPS) is 11.2. The molecule has 0 amide bonds. The first-order valence-corrected chi connectivity index (χ1v) is 8.75. The zero-order valence-corrected chi connectivity index (χ0v) is 14.3. The quantitative estimate of drug-likeness (QED) is 0.816. The van der Waals surface area contributed by atoms with Crippen molar-refractivity contribution in [2.24, 2.45) is 0 Å². The van der Waals surface area contributed by atoms with Crippen molar-refractivity contribution < 1.29 is 8.42 Å². The van der Waals surface area contributed by atoms with Crippen LogP contribution in [0.2, 0.25) is 5.02 Å². The van der Waals surface area contributed by atoms with Crippen LogP contribution in [0.4, 0.5) is 11.5 Å². The van der Waals surface area contributed by atoms with Gasteiger partial charge >= 0.3 is 0 Å². The Labute approximate surface area is 136 Å². The van der Waals surface area contributed by atoms with E-state index in [1.165, 1.54) is 12.3 Å². The molecule has 2 rings (SSSR count). The number of nitrogens with one attached hydrogen (secondary N) is 2. The van der Waals surface area contributed by atoms with Crippen LogP contribution in [0.25, 0.3) is 0 Å². The highest BCUT2D eigenvalue weighted by atomic mass is 79.9. The topological polar surface area (TPSA) is 71.1 Å². The third kappa shape index (κ3) is 4.09. The van der Waals surface area contributed by atoms with Crippen molar-refractivity contribution in [2.45, 2.75) is 11.8 Å². The number of sulfonamides is 1. The molecule has 0 aliphatic rings. The number of halogens is 2. The Hall–Kier alpha value is -1.31. The van der Waals surface area contributed by atoms with Gasteiger partial charge in [-0.25, -0.2) is 13.4 Å². The van der Waals surface area contributed by atoms with Gasteiger partial charge in [0, 0.05) is 22.2 Å². The maximum atomic E-state index is 12.3. The first-order chi connectivity index (χ1) is 9.92. The molecule has 2 aromatic rings. The summed E-state index contributed by atoms with van der Waals surface area (Å²) in [6.07, 6.45) is 1.31. The summed E-state index contributed by atoms with van der Waals surface area (Å²) in [6.45, 7) is 2.65. The van der Waals surface area contributed by atoms with Gasteiger partial charge in [-0.3, -0.25) is 4.72 Å². The van der Waals surface area contributed by atoms with Gasteiger partial charge in [0.05, 0.1) is 5.69 Å². The van der Waals surface area contributed by atoms with Gasteiger partial charge in [0.1, 0.15) is 10.7 Å². The monoisotopic (exact) mass is 389 g/mol. The molecular formula is C13H13BrClN3O2S. The molecule has 5 nitrogen and oxygen atoms in total. The van der Waals surface area contributed by atoms with E-state index in [4.69, 9.17) is 11.6 Å². The number of hydrogen-bond donors (Lipinski definition) is 2. The van der Waals surface area contributed by atoms with Gasteiger partial charge in [-0.15, -0.1) is 0 Å². The van der Waals surface area contributed by atoms with E-state index >= 15 is 0 Å². The summed E-state index contributed by atoms with van der Waals surface area (Å²) in [4.78, 5) is 4.14. The van der Waals surface area contributed by atoms with E-state index < -0.39 is 10.0 Å². The lowest BCUT2D eigenvalue weighted by atomic mass is 10.3. The van der Waals surface area contributed by atoms with E-state index in [9.17, 15) is 8.42 Å². The second kappa shape index (κ2) is 6.64. The van der Waals surface area contributed by atoms with Crippen molar-refractivity contribution in [3.63, 3.8) is 0 Å². The van der Waals surface area contributed by atoms with Crippen LogP contribution >= 0.6 is 27.5 Å². The van der Waals surface area contributed by atoms with Gasteiger partial charge in [-0.1, -0.05) is 11.6 Å². The molecule has 0 bridgehead atoms. The SMILES string of the molecule is CCNc1ccc(S(=O)(=O)Nc2ccc(Cl)cc2Br)cn1. The Balaban J connectivity index is 2.25. The van der Waals surface area contributed by atoms with Crippen molar-refractivity contribution >= 4 is 49.1 Å². The molecule has 21 heavy (non-hydrogen) atoms. The van der Waals surface area contributed by atoms with E-state index in [2.05, 4.69) is 31.0 Å². The van der Waals surface area contributed by atoms with Gasteiger partial charge in [-0.2, -0.15) is 0 Å². The molecule has 0 saturated heterocycles. The lowest BCUT2D eigenvalue weighted by molar-refractivity contribution is 0.601. The summed E-state index contributed by atoms with van der Waals surface area (Å²) >= 11 is 9.10. The third-order valence-electron chi connectivity index (χ3n) is 2.58. The zero-order valence-electron chi connectivity index (χ0n) is 11.1. The smallest absolute Gasteiger partial charge is 0.263 e. The minimum Gasteiger partial charge on any atom is -0.370 e. The van der Waals surface area contributed by atoms with Gasteiger partial charge in [-0.05, 0) is 53.2 Å². The van der Waals surface area contributed by atoms with E-state index in [0.717, 1.165) is 6.54 Å². The number of aromatic nitrogens is 1. The first kappa shape index (κ1) is 16.1. The number of hydrogen-bond acceptors (Lipinski definition) is 4. The zero-order chi connectivity index (χ0) is 15.5. The Morgan fingerprint density at radius 3 is 2.62 bits per heavy atom. The van der Waals surface area contributed by atoms with Crippen LogP contribution in [0.1, 0.15) is 6.92 Å². The number of nitrogens with zero attached hydrogens (tertiary/aromatic N) is 1. The van der Waals surface area contributed by atoms with Gasteiger partial charge in [0.15, 0.2) is 0 Å². The van der Waals surface area contributed by atoms with Gasteiger partial charge in [0.2, 0.25) is 0 Å². The van der Waals surface area contributed by atoms with Crippen molar-refractivity contribution in [2.75, 3.05) is 16.6 Å². The highest BCUT2D eigenvalue weighted by Gasteiger charge is 2.16. The Morgan fingerprint density at radius 2 is 2.05 bits per heavy atom. The minimum absolute atomic E-state index is 0.0889. The molecular weight excluding hydrogens is 378 g/mol. The van der Waals surface area contributed by atoms with E-state index in [-0.39, 0.29) is 4.90 Å². The van der Waals surface area contributed by atoms with Crippen LogP contribution in [0, 0.1) is 0 Å². The largest absolute Gasteiger partial charge is 0.370 e. The Morgan fingerprint density at radius 1 is 1.29 bits per heavy atom. The molecule has 0 radical (unpaired) electrons. The second-order valence-electron chi connectivity index (χ2n) is 4.14. The summed E-state index contributed by atoms with van der Waals surface area (Å²) in [7, 11) is -3.69. The molecule has 0 saturated carbocycles. The molecule has 1 aromatic carbocycles.